The van der Waals surface area contributed by atoms with Crippen molar-refractivity contribution in [3.05, 3.63) is 107 Å². The second kappa shape index (κ2) is 15.1. The molecule has 0 spiro atoms. The number of aliphatic hydroxyl groups is 1. The van der Waals surface area contributed by atoms with Gasteiger partial charge in [0, 0.05) is 19.7 Å². The molecule has 0 aromatic heterocycles. The fraction of sp³-hybridized carbons (Fsp3) is 0.367. The summed E-state index contributed by atoms with van der Waals surface area (Å²) in [5, 5.41) is 9.02. The van der Waals surface area contributed by atoms with Crippen molar-refractivity contribution < 1.29 is 23.4 Å². The third-order valence-electron chi connectivity index (χ3n) is 5.43. The number of halogens is 2. The highest BCUT2D eigenvalue weighted by atomic mass is 19.1. The van der Waals surface area contributed by atoms with E-state index in [-0.39, 0.29) is 18.2 Å². The van der Waals surface area contributed by atoms with Gasteiger partial charge in [0.25, 0.3) is 0 Å². The zero-order valence-corrected chi connectivity index (χ0v) is 21.9. The molecule has 0 radical (unpaired) electrons. The highest BCUT2D eigenvalue weighted by Gasteiger charge is 2.22. The maximum absolute atomic E-state index is 13.9. The van der Waals surface area contributed by atoms with Gasteiger partial charge in [-0.2, -0.15) is 0 Å². The average molecular weight is 513 g/mol. The fourth-order valence-corrected chi connectivity index (χ4v) is 3.54. The van der Waals surface area contributed by atoms with Crippen LogP contribution in [-0.2, 0) is 30.5 Å². The van der Waals surface area contributed by atoms with Gasteiger partial charge >= 0.3 is 6.09 Å². The van der Waals surface area contributed by atoms with Crippen LogP contribution in [0.3, 0.4) is 0 Å². The van der Waals surface area contributed by atoms with Crippen molar-refractivity contribution in [1.29, 1.82) is 0 Å². The molecule has 3 aromatic carbocycles. The van der Waals surface area contributed by atoms with Crippen LogP contribution in [0.25, 0.3) is 0 Å². The number of hydrogen-bond acceptors (Lipinski definition) is 4. The van der Waals surface area contributed by atoms with E-state index in [1.807, 2.05) is 51.1 Å². The van der Waals surface area contributed by atoms with E-state index in [4.69, 9.17) is 15.6 Å². The predicted molar refractivity (Wildman–Crippen MR) is 143 cm³/mol. The molecule has 0 aliphatic rings. The number of carbonyl (C=O) groups is 1. The Balaban J connectivity index is 0.000000402. The van der Waals surface area contributed by atoms with E-state index in [9.17, 15) is 13.6 Å². The van der Waals surface area contributed by atoms with E-state index in [1.54, 1.807) is 35.2 Å². The van der Waals surface area contributed by atoms with Crippen LogP contribution >= 0.6 is 0 Å². The Labute approximate surface area is 218 Å². The van der Waals surface area contributed by atoms with Gasteiger partial charge < -0.3 is 20.5 Å². The molecule has 1 amide bonds. The highest BCUT2D eigenvalue weighted by Crippen LogP contribution is 2.16. The second-order valence-electron chi connectivity index (χ2n) is 9.66. The molecule has 0 heterocycles. The van der Waals surface area contributed by atoms with E-state index < -0.39 is 11.7 Å². The summed E-state index contributed by atoms with van der Waals surface area (Å²) in [6.07, 6.45) is 1.21. The Morgan fingerprint density at radius 2 is 1.35 bits per heavy atom. The van der Waals surface area contributed by atoms with E-state index in [0.717, 1.165) is 11.1 Å². The minimum Gasteiger partial charge on any atom is -0.444 e. The first-order chi connectivity index (χ1) is 17.6. The number of carbonyl (C=O) groups excluding carboxylic acids is 1. The molecular formula is C30H38F2N2O3. The monoisotopic (exact) mass is 512 g/mol. The smallest absolute Gasteiger partial charge is 0.410 e. The Hall–Kier alpha value is -3.29. The van der Waals surface area contributed by atoms with Crippen LogP contribution in [0.2, 0.25) is 0 Å². The maximum atomic E-state index is 13.9. The molecule has 37 heavy (non-hydrogen) atoms. The number of amides is 1. The van der Waals surface area contributed by atoms with E-state index in [2.05, 4.69) is 0 Å². The minimum atomic E-state index is -0.599. The van der Waals surface area contributed by atoms with Crippen LogP contribution in [0.5, 0.6) is 0 Å². The molecule has 0 atom stereocenters. The normalized spacial score (nSPS) is 10.9. The van der Waals surface area contributed by atoms with Gasteiger partial charge in [0.2, 0.25) is 0 Å². The summed E-state index contributed by atoms with van der Waals surface area (Å²) < 4.78 is 32.1. The molecule has 0 unspecified atom stereocenters. The lowest BCUT2D eigenvalue weighted by Gasteiger charge is -2.27. The summed E-state index contributed by atoms with van der Waals surface area (Å²) >= 11 is 0. The summed E-state index contributed by atoms with van der Waals surface area (Å²) in [5.41, 5.74) is 7.93. The van der Waals surface area contributed by atoms with Crippen LogP contribution in [0.4, 0.5) is 13.6 Å². The Kier molecular flexibility index (Phi) is 12.2. The maximum Gasteiger partial charge on any atom is 0.410 e. The van der Waals surface area contributed by atoms with Gasteiger partial charge in [0.1, 0.15) is 17.2 Å². The summed E-state index contributed by atoms with van der Waals surface area (Å²) in [5.74, 6) is -0.428. The van der Waals surface area contributed by atoms with E-state index in [1.165, 1.54) is 12.1 Å². The summed E-state index contributed by atoms with van der Waals surface area (Å²) in [6, 6.07) is 21.0. The predicted octanol–water partition coefficient (Wildman–Crippen LogP) is 5.67. The fourth-order valence-electron chi connectivity index (χ4n) is 3.54. The van der Waals surface area contributed by atoms with Crippen LogP contribution in [-0.4, -0.2) is 41.4 Å². The van der Waals surface area contributed by atoms with Crippen molar-refractivity contribution in [2.45, 2.75) is 52.2 Å². The first kappa shape index (κ1) is 29.9. The number of benzene rings is 3. The molecule has 7 heteroatoms. The van der Waals surface area contributed by atoms with Crippen molar-refractivity contribution in [2.75, 3.05) is 19.7 Å². The number of rotatable bonds is 9. The average Bonchev–Trinajstić information content (AvgIpc) is 2.85. The van der Waals surface area contributed by atoms with Gasteiger partial charge in [-0.1, -0.05) is 60.7 Å². The van der Waals surface area contributed by atoms with Crippen LogP contribution in [0, 0.1) is 11.6 Å². The van der Waals surface area contributed by atoms with Crippen molar-refractivity contribution in [1.82, 2.24) is 4.90 Å². The molecule has 0 bridgehead atoms. The van der Waals surface area contributed by atoms with E-state index >= 15 is 0 Å². The molecule has 3 aromatic rings. The zero-order valence-electron chi connectivity index (χ0n) is 21.9. The highest BCUT2D eigenvalue weighted by molar-refractivity contribution is 5.68. The van der Waals surface area contributed by atoms with Gasteiger partial charge in [0.05, 0.1) is 0 Å². The van der Waals surface area contributed by atoms with Gasteiger partial charge in [-0.25, -0.2) is 13.6 Å². The lowest BCUT2D eigenvalue weighted by Crippen LogP contribution is -2.37. The van der Waals surface area contributed by atoms with Crippen molar-refractivity contribution in [3.8, 4) is 0 Å². The van der Waals surface area contributed by atoms with Crippen LogP contribution < -0.4 is 5.73 Å². The van der Waals surface area contributed by atoms with Crippen molar-refractivity contribution in [3.63, 3.8) is 0 Å². The number of nitrogens with two attached hydrogens (primary N) is 1. The van der Waals surface area contributed by atoms with E-state index in [0.29, 0.717) is 50.0 Å². The first-order valence-electron chi connectivity index (χ1n) is 12.5. The molecule has 5 nitrogen and oxygen atoms in total. The SMILES string of the molecule is CC(C)(C)OC(=O)N(CCc1ccccc1F)Cc1ccc(CCO)cc1.NCCc1ccccc1F. The largest absolute Gasteiger partial charge is 0.444 e. The standard InChI is InChI=1S/C22H28FNO3.C8H10FN/c1-22(2,3)27-21(26)24(14-12-19-6-4-5-7-20(19)23)16-18-10-8-17(9-11-18)13-15-25;9-8-4-2-1-3-7(8)5-6-10/h4-11,25H,12-16H2,1-3H3;1-4H,5-6,10H2. The first-order valence-corrected chi connectivity index (χ1v) is 12.5. The quantitative estimate of drug-likeness (QED) is 0.388. The third-order valence-corrected chi connectivity index (χ3v) is 5.43. The van der Waals surface area contributed by atoms with Crippen LogP contribution in [0.15, 0.2) is 72.8 Å². The molecule has 3 rings (SSSR count). The minimum absolute atomic E-state index is 0.103. The Morgan fingerprint density at radius 1 is 0.838 bits per heavy atom. The molecule has 0 saturated heterocycles. The Morgan fingerprint density at radius 3 is 1.84 bits per heavy atom. The van der Waals surface area contributed by atoms with Crippen molar-refractivity contribution >= 4 is 6.09 Å². The number of hydrogen-bond donors (Lipinski definition) is 2. The van der Waals surface area contributed by atoms with Crippen molar-refractivity contribution in [2.24, 2.45) is 5.73 Å². The molecule has 3 N–H and O–H groups in total. The zero-order chi connectivity index (χ0) is 27.3. The molecule has 0 aliphatic carbocycles. The number of aliphatic hydroxyl groups excluding tert-OH is 1. The lowest BCUT2D eigenvalue weighted by atomic mass is 10.1. The topological polar surface area (TPSA) is 75.8 Å². The second-order valence-corrected chi connectivity index (χ2v) is 9.66. The van der Waals surface area contributed by atoms with Crippen LogP contribution in [0.1, 0.15) is 43.0 Å². The number of nitrogens with zero attached hydrogens (tertiary/aromatic N) is 1. The van der Waals surface area contributed by atoms with Gasteiger partial charge in [-0.3, -0.25) is 0 Å². The van der Waals surface area contributed by atoms with Gasteiger partial charge in [-0.05, 0) is 81.0 Å². The Bertz CT molecular complexity index is 1100. The number of ether oxygens (including phenoxy) is 1. The summed E-state index contributed by atoms with van der Waals surface area (Å²) in [4.78, 5) is 14.2. The summed E-state index contributed by atoms with van der Waals surface area (Å²) in [7, 11) is 0. The van der Waals surface area contributed by atoms with Gasteiger partial charge in [0.15, 0.2) is 0 Å². The molecule has 0 saturated carbocycles. The molecular weight excluding hydrogens is 474 g/mol. The third kappa shape index (κ3) is 11.1. The molecule has 0 fully saturated rings. The summed E-state index contributed by atoms with van der Waals surface area (Å²) in [6.45, 7) is 6.81. The molecule has 0 aliphatic heterocycles. The lowest BCUT2D eigenvalue weighted by molar-refractivity contribution is 0.0235. The molecule has 200 valence electrons. The van der Waals surface area contributed by atoms with Gasteiger partial charge in [-0.15, -0.1) is 0 Å².